The first-order valence-corrected chi connectivity index (χ1v) is 7.96. The Hall–Kier alpha value is -0.610. The van der Waals surface area contributed by atoms with Gasteiger partial charge in [-0.2, -0.15) is 0 Å². The molecule has 19 heavy (non-hydrogen) atoms. The summed E-state index contributed by atoms with van der Waals surface area (Å²) in [5, 5.41) is 6.50. The number of carbonyl (C=O) groups excluding carboxylic acids is 1. The maximum absolute atomic E-state index is 11.8. The van der Waals surface area contributed by atoms with Crippen molar-refractivity contribution in [3.63, 3.8) is 0 Å². The van der Waals surface area contributed by atoms with Gasteiger partial charge in [-0.15, -0.1) is 0 Å². The van der Waals surface area contributed by atoms with E-state index in [-0.39, 0.29) is 5.91 Å². The van der Waals surface area contributed by atoms with E-state index in [1.807, 2.05) is 0 Å². The van der Waals surface area contributed by atoms with Gasteiger partial charge in [-0.25, -0.2) is 0 Å². The number of rotatable bonds is 6. The molecule has 2 N–H and O–H groups in total. The highest BCUT2D eigenvalue weighted by molar-refractivity contribution is 5.76. The van der Waals surface area contributed by atoms with Crippen LogP contribution in [0.5, 0.6) is 0 Å². The zero-order chi connectivity index (χ0) is 13.3. The topological polar surface area (TPSA) is 50.4 Å². The molecule has 1 aliphatic carbocycles. The van der Waals surface area contributed by atoms with Gasteiger partial charge in [0.05, 0.1) is 6.10 Å². The van der Waals surface area contributed by atoms with E-state index in [4.69, 9.17) is 4.74 Å². The van der Waals surface area contributed by atoms with Crippen LogP contribution in [-0.4, -0.2) is 37.7 Å². The molecule has 1 saturated carbocycles. The largest absolute Gasteiger partial charge is 0.377 e. The van der Waals surface area contributed by atoms with Crippen LogP contribution in [0.3, 0.4) is 0 Å². The highest BCUT2D eigenvalue weighted by Gasteiger charge is 2.16. The molecule has 4 heteroatoms. The second-order valence-electron chi connectivity index (χ2n) is 5.85. The molecule has 0 aromatic rings. The molecule has 110 valence electrons. The molecule has 0 spiro atoms. The van der Waals surface area contributed by atoms with E-state index < -0.39 is 0 Å². The molecular formula is C15H28N2O2. The fourth-order valence-electron chi connectivity index (χ4n) is 2.99. The first-order chi connectivity index (χ1) is 9.34. The first kappa shape index (κ1) is 14.8. The Balaban J connectivity index is 1.51. The van der Waals surface area contributed by atoms with E-state index in [9.17, 15) is 4.79 Å². The number of nitrogens with one attached hydrogen (secondary N) is 2. The van der Waals surface area contributed by atoms with E-state index in [1.54, 1.807) is 0 Å². The number of carbonyl (C=O) groups is 1. The van der Waals surface area contributed by atoms with Crippen molar-refractivity contribution in [2.24, 2.45) is 0 Å². The van der Waals surface area contributed by atoms with Gasteiger partial charge in [0.1, 0.15) is 0 Å². The minimum absolute atomic E-state index is 0.201. The molecule has 2 rings (SSSR count). The molecule has 4 nitrogen and oxygen atoms in total. The van der Waals surface area contributed by atoms with Crippen LogP contribution in [-0.2, 0) is 9.53 Å². The van der Waals surface area contributed by atoms with E-state index in [1.165, 1.54) is 32.1 Å². The highest BCUT2D eigenvalue weighted by Crippen LogP contribution is 2.17. The summed E-state index contributed by atoms with van der Waals surface area (Å²) in [5.74, 6) is 0.201. The van der Waals surface area contributed by atoms with Crippen LogP contribution in [0.1, 0.15) is 57.8 Å². The van der Waals surface area contributed by atoms with Gasteiger partial charge in [-0.1, -0.05) is 25.7 Å². The quantitative estimate of drug-likeness (QED) is 0.572. The minimum atomic E-state index is 0.201. The average molecular weight is 268 g/mol. The van der Waals surface area contributed by atoms with Crippen molar-refractivity contribution in [2.45, 2.75) is 69.9 Å². The molecule has 2 fully saturated rings. The van der Waals surface area contributed by atoms with Crippen molar-refractivity contribution >= 4 is 5.91 Å². The predicted octanol–water partition coefficient (Wildman–Crippen LogP) is 1.98. The lowest BCUT2D eigenvalue weighted by Gasteiger charge is -2.16. The Morgan fingerprint density at radius 3 is 2.53 bits per heavy atom. The Labute approximate surface area is 116 Å². The molecule has 1 heterocycles. The summed E-state index contributed by atoms with van der Waals surface area (Å²) < 4.78 is 5.53. The van der Waals surface area contributed by atoms with Crippen LogP contribution >= 0.6 is 0 Å². The first-order valence-electron chi connectivity index (χ1n) is 7.96. The molecule has 1 amide bonds. The summed E-state index contributed by atoms with van der Waals surface area (Å²) in [6, 6.07) is 0.424. The van der Waals surface area contributed by atoms with Crippen molar-refractivity contribution in [3.8, 4) is 0 Å². The Morgan fingerprint density at radius 1 is 1.05 bits per heavy atom. The average Bonchev–Trinajstić information content (AvgIpc) is 2.79. The molecule has 1 atom stereocenters. The lowest BCUT2D eigenvalue weighted by Crippen LogP contribution is -2.37. The fourth-order valence-corrected chi connectivity index (χ4v) is 2.99. The minimum Gasteiger partial charge on any atom is -0.377 e. The van der Waals surface area contributed by atoms with E-state index in [0.717, 1.165) is 39.0 Å². The molecular weight excluding hydrogens is 240 g/mol. The van der Waals surface area contributed by atoms with E-state index >= 15 is 0 Å². The lowest BCUT2D eigenvalue weighted by atomic mass is 10.1. The number of hydrogen-bond donors (Lipinski definition) is 2. The summed E-state index contributed by atoms with van der Waals surface area (Å²) in [4.78, 5) is 11.8. The number of hydrogen-bond acceptors (Lipinski definition) is 3. The SMILES string of the molecule is O=C(CCNCC1CCCO1)NC1CCCCCC1. The van der Waals surface area contributed by atoms with Gasteiger partial charge in [-0.05, 0) is 25.7 Å². The van der Waals surface area contributed by atoms with Crippen LogP contribution in [0.4, 0.5) is 0 Å². The molecule has 0 radical (unpaired) electrons. The Morgan fingerprint density at radius 2 is 1.84 bits per heavy atom. The Bertz CT molecular complexity index is 257. The van der Waals surface area contributed by atoms with Gasteiger partial charge in [0.15, 0.2) is 0 Å². The lowest BCUT2D eigenvalue weighted by molar-refractivity contribution is -0.121. The maximum atomic E-state index is 11.8. The molecule has 1 saturated heterocycles. The maximum Gasteiger partial charge on any atom is 0.221 e. The summed E-state index contributed by atoms with van der Waals surface area (Å²) in [6.07, 6.45) is 10.8. The molecule has 0 aromatic carbocycles. The summed E-state index contributed by atoms with van der Waals surface area (Å²) >= 11 is 0. The van der Waals surface area contributed by atoms with Gasteiger partial charge in [0.2, 0.25) is 5.91 Å². The van der Waals surface area contributed by atoms with Crippen LogP contribution in [0.15, 0.2) is 0 Å². The molecule has 0 bridgehead atoms. The van der Waals surface area contributed by atoms with Crippen LogP contribution < -0.4 is 10.6 Å². The summed E-state index contributed by atoms with van der Waals surface area (Å²) in [5.41, 5.74) is 0. The van der Waals surface area contributed by atoms with Crippen molar-refractivity contribution in [2.75, 3.05) is 19.7 Å². The van der Waals surface area contributed by atoms with Crippen molar-refractivity contribution < 1.29 is 9.53 Å². The van der Waals surface area contributed by atoms with Crippen LogP contribution in [0.25, 0.3) is 0 Å². The predicted molar refractivity (Wildman–Crippen MR) is 76.1 cm³/mol. The molecule has 1 unspecified atom stereocenters. The fraction of sp³-hybridized carbons (Fsp3) is 0.933. The van der Waals surface area contributed by atoms with Crippen molar-refractivity contribution in [1.29, 1.82) is 0 Å². The summed E-state index contributed by atoms with van der Waals surface area (Å²) in [6.45, 7) is 2.55. The van der Waals surface area contributed by atoms with Gasteiger partial charge in [-0.3, -0.25) is 4.79 Å². The molecule has 0 aromatic heterocycles. The van der Waals surface area contributed by atoms with Crippen LogP contribution in [0.2, 0.25) is 0 Å². The second kappa shape index (κ2) is 8.54. The third kappa shape index (κ3) is 5.91. The number of ether oxygens (including phenoxy) is 1. The zero-order valence-electron chi connectivity index (χ0n) is 12.0. The van der Waals surface area contributed by atoms with E-state index in [2.05, 4.69) is 10.6 Å². The summed E-state index contributed by atoms with van der Waals surface area (Å²) in [7, 11) is 0. The van der Waals surface area contributed by atoms with Gasteiger partial charge >= 0.3 is 0 Å². The van der Waals surface area contributed by atoms with Crippen molar-refractivity contribution in [3.05, 3.63) is 0 Å². The normalized spacial score (nSPS) is 25.2. The third-order valence-corrected chi connectivity index (χ3v) is 4.15. The highest BCUT2D eigenvalue weighted by atomic mass is 16.5. The standard InChI is InChI=1S/C15H28N2O2/c18-15(17-13-6-3-1-2-4-7-13)9-10-16-12-14-8-5-11-19-14/h13-14,16H,1-12H2,(H,17,18). The third-order valence-electron chi connectivity index (χ3n) is 4.15. The van der Waals surface area contributed by atoms with Gasteiger partial charge in [0, 0.05) is 32.2 Å². The smallest absolute Gasteiger partial charge is 0.221 e. The van der Waals surface area contributed by atoms with Gasteiger partial charge in [0.25, 0.3) is 0 Å². The van der Waals surface area contributed by atoms with Crippen LogP contribution in [0, 0.1) is 0 Å². The zero-order valence-corrected chi connectivity index (χ0v) is 12.0. The number of amides is 1. The van der Waals surface area contributed by atoms with Gasteiger partial charge < -0.3 is 15.4 Å². The molecule has 1 aliphatic heterocycles. The van der Waals surface area contributed by atoms with Crippen molar-refractivity contribution in [1.82, 2.24) is 10.6 Å². The Kier molecular flexibility index (Phi) is 6.65. The second-order valence-corrected chi connectivity index (χ2v) is 5.85. The van der Waals surface area contributed by atoms with E-state index in [0.29, 0.717) is 18.6 Å². The molecule has 2 aliphatic rings. The monoisotopic (exact) mass is 268 g/mol.